The molecule has 3 amide bonds. The molecule has 1 aromatic rings. The molecule has 13 heteroatoms. The standard InChI is InChI=1S/C21H37N7O5S/c1-12(2)7-16(19(30)26-15(21(32)33)5-3-4-6-22)27-20(31)17(10-34)28-18(29)14(23)8-13-9-24-11-25-13/h9,11-12,14-17,34H,3-8,10,22-23H2,1-2H3,(H,24,25)(H,26,30)(H,27,31)(H,28,29)(H,32,33). The highest BCUT2D eigenvalue weighted by molar-refractivity contribution is 7.80. The Morgan fingerprint density at radius 1 is 1.06 bits per heavy atom. The van der Waals surface area contributed by atoms with Crippen molar-refractivity contribution in [2.75, 3.05) is 12.3 Å². The van der Waals surface area contributed by atoms with Crippen molar-refractivity contribution in [1.82, 2.24) is 25.9 Å². The summed E-state index contributed by atoms with van der Waals surface area (Å²) >= 11 is 4.14. The highest BCUT2D eigenvalue weighted by atomic mass is 32.1. The number of aliphatic carboxylic acids is 1. The molecule has 12 nitrogen and oxygen atoms in total. The van der Waals surface area contributed by atoms with E-state index in [1.807, 2.05) is 13.8 Å². The lowest BCUT2D eigenvalue weighted by Gasteiger charge is -2.25. The molecule has 1 heterocycles. The number of carbonyl (C=O) groups is 4. The zero-order valence-electron chi connectivity index (χ0n) is 19.6. The lowest BCUT2D eigenvalue weighted by Crippen LogP contribution is -2.58. The fourth-order valence-electron chi connectivity index (χ4n) is 3.20. The number of nitrogens with two attached hydrogens (primary N) is 2. The van der Waals surface area contributed by atoms with Crippen molar-refractivity contribution in [3.05, 3.63) is 18.2 Å². The van der Waals surface area contributed by atoms with Gasteiger partial charge in [0.15, 0.2) is 0 Å². The second-order valence-electron chi connectivity index (χ2n) is 8.51. The molecule has 0 fully saturated rings. The summed E-state index contributed by atoms with van der Waals surface area (Å²) in [5.74, 6) is -2.94. The van der Waals surface area contributed by atoms with Gasteiger partial charge < -0.3 is 37.5 Å². The molecule has 34 heavy (non-hydrogen) atoms. The minimum Gasteiger partial charge on any atom is -0.480 e. The number of H-pyrrole nitrogens is 1. The number of aromatic nitrogens is 2. The number of hydrogen-bond donors (Lipinski definition) is 8. The average Bonchev–Trinajstić information content (AvgIpc) is 3.28. The monoisotopic (exact) mass is 499 g/mol. The topological polar surface area (TPSA) is 205 Å². The maximum Gasteiger partial charge on any atom is 0.326 e. The molecule has 0 radical (unpaired) electrons. The minimum atomic E-state index is -1.16. The number of nitrogens with zero attached hydrogens (tertiary/aromatic N) is 1. The van der Waals surface area contributed by atoms with Crippen molar-refractivity contribution in [3.8, 4) is 0 Å². The molecule has 0 bridgehead atoms. The van der Waals surface area contributed by atoms with Crippen LogP contribution >= 0.6 is 12.6 Å². The molecule has 0 spiro atoms. The van der Waals surface area contributed by atoms with Crippen LogP contribution in [0.2, 0.25) is 0 Å². The first-order chi connectivity index (χ1) is 16.1. The fourth-order valence-corrected chi connectivity index (χ4v) is 3.45. The zero-order valence-corrected chi connectivity index (χ0v) is 20.5. The molecular formula is C21H37N7O5S. The third-order valence-corrected chi connectivity index (χ3v) is 5.41. The Balaban J connectivity index is 2.79. The lowest BCUT2D eigenvalue weighted by atomic mass is 10.0. The van der Waals surface area contributed by atoms with E-state index in [9.17, 15) is 24.3 Å². The van der Waals surface area contributed by atoms with E-state index in [1.54, 1.807) is 6.20 Å². The number of carbonyl (C=O) groups excluding carboxylic acids is 3. The number of thiol groups is 1. The van der Waals surface area contributed by atoms with Crippen LogP contribution in [-0.4, -0.2) is 75.2 Å². The average molecular weight is 500 g/mol. The number of imidazole rings is 1. The van der Waals surface area contributed by atoms with E-state index in [0.717, 1.165) is 0 Å². The summed E-state index contributed by atoms with van der Waals surface area (Å²) in [5.41, 5.74) is 12.0. The number of aromatic amines is 1. The van der Waals surface area contributed by atoms with Gasteiger partial charge in [-0.1, -0.05) is 13.8 Å². The van der Waals surface area contributed by atoms with E-state index in [2.05, 4.69) is 38.5 Å². The van der Waals surface area contributed by atoms with Gasteiger partial charge in [0, 0.05) is 24.1 Å². The van der Waals surface area contributed by atoms with Gasteiger partial charge in [-0.15, -0.1) is 0 Å². The largest absolute Gasteiger partial charge is 0.480 e. The van der Waals surface area contributed by atoms with Crippen molar-refractivity contribution < 1.29 is 24.3 Å². The van der Waals surface area contributed by atoms with Crippen LogP contribution in [-0.2, 0) is 25.6 Å². The predicted molar refractivity (Wildman–Crippen MR) is 130 cm³/mol. The molecule has 0 aliphatic carbocycles. The lowest BCUT2D eigenvalue weighted by molar-refractivity contribution is -0.142. The predicted octanol–water partition coefficient (Wildman–Crippen LogP) is -1.08. The molecule has 0 aliphatic heterocycles. The van der Waals surface area contributed by atoms with Gasteiger partial charge in [-0.3, -0.25) is 14.4 Å². The normalized spacial score (nSPS) is 14.6. The number of hydrogen-bond acceptors (Lipinski definition) is 8. The summed E-state index contributed by atoms with van der Waals surface area (Å²) in [7, 11) is 0. The molecule has 0 aliphatic rings. The maximum absolute atomic E-state index is 12.8. The molecule has 4 unspecified atom stereocenters. The first-order valence-electron chi connectivity index (χ1n) is 11.3. The fraction of sp³-hybridized carbons (Fsp3) is 0.667. The molecule has 1 rings (SSSR count). The van der Waals surface area contributed by atoms with E-state index in [1.165, 1.54) is 6.33 Å². The molecule has 1 aromatic heterocycles. The van der Waals surface area contributed by atoms with Crippen molar-refractivity contribution in [2.45, 2.75) is 70.1 Å². The SMILES string of the molecule is CC(C)CC(NC(=O)C(CS)NC(=O)C(N)Cc1cnc[nH]1)C(=O)NC(CCCCN)C(=O)O. The first-order valence-corrected chi connectivity index (χ1v) is 11.9. The highest BCUT2D eigenvalue weighted by Gasteiger charge is 2.30. The van der Waals surface area contributed by atoms with Crippen molar-refractivity contribution >= 4 is 36.3 Å². The van der Waals surface area contributed by atoms with E-state index in [-0.39, 0.29) is 30.9 Å². The van der Waals surface area contributed by atoms with E-state index in [0.29, 0.717) is 25.1 Å². The molecular weight excluding hydrogens is 462 g/mol. The van der Waals surface area contributed by atoms with Gasteiger partial charge in [-0.2, -0.15) is 12.6 Å². The van der Waals surface area contributed by atoms with Crippen LogP contribution in [0, 0.1) is 5.92 Å². The summed E-state index contributed by atoms with van der Waals surface area (Å²) in [6.07, 6.45) is 4.90. The number of carboxylic acid groups (broad SMARTS) is 1. The van der Waals surface area contributed by atoms with Gasteiger partial charge in [-0.05, 0) is 38.1 Å². The van der Waals surface area contributed by atoms with Gasteiger partial charge >= 0.3 is 5.97 Å². The number of unbranched alkanes of at least 4 members (excludes halogenated alkanes) is 1. The summed E-state index contributed by atoms with van der Waals surface area (Å²) in [5, 5.41) is 17.1. The molecule has 4 atom stereocenters. The Hall–Kier alpha value is -2.64. The van der Waals surface area contributed by atoms with Gasteiger partial charge in [0.1, 0.15) is 18.1 Å². The zero-order chi connectivity index (χ0) is 25.7. The van der Waals surface area contributed by atoms with Crippen LogP contribution in [0.15, 0.2) is 12.5 Å². The second-order valence-corrected chi connectivity index (χ2v) is 8.87. The van der Waals surface area contributed by atoms with Crippen molar-refractivity contribution in [1.29, 1.82) is 0 Å². The van der Waals surface area contributed by atoms with E-state index < -0.39 is 47.9 Å². The molecule has 0 aromatic carbocycles. The number of amides is 3. The van der Waals surface area contributed by atoms with Gasteiger partial charge in [0.2, 0.25) is 17.7 Å². The quantitative estimate of drug-likeness (QED) is 0.103. The number of nitrogens with one attached hydrogen (secondary N) is 4. The molecule has 9 N–H and O–H groups in total. The maximum atomic E-state index is 12.8. The highest BCUT2D eigenvalue weighted by Crippen LogP contribution is 2.08. The van der Waals surface area contributed by atoms with Gasteiger partial charge in [-0.25, -0.2) is 9.78 Å². The molecule has 192 valence electrons. The number of carboxylic acids is 1. The van der Waals surface area contributed by atoms with E-state index >= 15 is 0 Å². The third-order valence-electron chi connectivity index (χ3n) is 5.05. The first kappa shape index (κ1) is 29.4. The van der Waals surface area contributed by atoms with Crippen LogP contribution < -0.4 is 27.4 Å². The second kappa shape index (κ2) is 15.3. The van der Waals surface area contributed by atoms with Gasteiger partial charge in [0.25, 0.3) is 0 Å². The Kier molecular flexibility index (Phi) is 13.2. The minimum absolute atomic E-state index is 0.0266. The summed E-state index contributed by atoms with van der Waals surface area (Å²) < 4.78 is 0. The van der Waals surface area contributed by atoms with Gasteiger partial charge in [0.05, 0.1) is 12.4 Å². The van der Waals surface area contributed by atoms with Crippen LogP contribution in [0.5, 0.6) is 0 Å². The van der Waals surface area contributed by atoms with Crippen molar-refractivity contribution in [3.63, 3.8) is 0 Å². The van der Waals surface area contributed by atoms with Crippen LogP contribution in [0.1, 0.15) is 45.2 Å². The summed E-state index contributed by atoms with van der Waals surface area (Å²) in [6.45, 7) is 4.16. The Morgan fingerprint density at radius 3 is 2.21 bits per heavy atom. The molecule has 0 saturated carbocycles. The Bertz CT molecular complexity index is 790. The Morgan fingerprint density at radius 2 is 1.68 bits per heavy atom. The molecule has 0 saturated heterocycles. The number of rotatable bonds is 16. The van der Waals surface area contributed by atoms with Crippen LogP contribution in [0.4, 0.5) is 0 Å². The summed E-state index contributed by atoms with van der Waals surface area (Å²) in [6, 6.07) is -4.03. The van der Waals surface area contributed by atoms with Crippen molar-refractivity contribution in [2.24, 2.45) is 17.4 Å². The van der Waals surface area contributed by atoms with E-state index in [4.69, 9.17) is 11.5 Å². The Labute approximate surface area is 204 Å². The van der Waals surface area contributed by atoms with Crippen LogP contribution in [0.3, 0.4) is 0 Å². The smallest absolute Gasteiger partial charge is 0.326 e. The van der Waals surface area contributed by atoms with Crippen LogP contribution in [0.25, 0.3) is 0 Å². The third kappa shape index (κ3) is 10.5. The summed E-state index contributed by atoms with van der Waals surface area (Å²) in [4.78, 5) is 56.4.